The van der Waals surface area contributed by atoms with Gasteiger partial charge in [-0.2, -0.15) is 8.78 Å². The van der Waals surface area contributed by atoms with Crippen LogP contribution in [-0.2, 0) is 5.60 Å². The van der Waals surface area contributed by atoms with Crippen molar-refractivity contribution in [3.8, 4) is 5.75 Å². The molecular formula is C10H12F2O2. The molecule has 14 heavy (non-hydrogen) atoms. The number of halogens is 2. The summed E-state index contributed by atoms with van der Waals surface area (Å²) < 4.78 is 27.9. The summed E-state index contributed by atoms with van der Waals surface area (Å²) in [5.41, 5.74) is -0.516. The minimum Gasteiger partial charge on any atom is -0.435 e. The van der Waals surface area contributed by atoms with Crippen LogP contribution in [-0.4, -0.2) is 11.7 Å². The van der Waals surface area contributed by atoms with Gasteiger partial charge in [0.2, 0.25) is 0 Å². The molecule has 0 atom stereocenters. The molecule has 0 amide bonds. The Bertz CT molecular complexity index is 305. The van der Waals surface area contributed by atoms with Crippen molar-refractivity contribution < 1.29 is 18.6 Å². The van der Waals surface area contributed by atoms with E-state index in [0.29, 0.717) is 5.56 Å². The molecule has 4 heteroatoms. The van der Waals surface area contributed by atoms with E-state index in [1.165, 1.54) is 12.1 Å². The van der Waals surface area contributed by atoms with Crippen LogP contribution in [0.4, 0.5) is 8.78 Å². The van der Waals surface area contributed by atoms with Gasteiger partial charge in [0.15, 0.2) is 0 Å². The maximum Gasteiger partial charge on any atom is 0.387 e. The van der Waals surface area contributed by atoms with E-state index < -0.39 is 12.2 Å². The molecule has 0 spiro atoms. The van der Waals surface area contributed by atoms with Crippen molar-refractivity contribution in [1.29, 1.82) is 0 Å². The van der Waals surface area contributed by atoms with E-state index >= 15 is 0 Å². The molecular weight excluding hydrogens is 190 g/mol. The second kappa shape index (κ2) is 3.92. The lowest BCUT2D eigenvalue weighted by molar-refractivity contribution is -0.0501. The lowest BCUT2D eigenvalue weighted by Gasteiger charge is -2.18. The molecule has 0 saturated carbocycles. The third-order valence-corrected chi connectivity index (χ3v) is 1.77. The normalized spacial score (nSPS) is 11.9. The highest BCUT2D eigenvalue weighted by Gasteiger charge is 2.16. The van der Waals surface area contributed by atoms with Crippen molar-refractivity contribution in [2.45, 2.75) is 26.1 Å². The van der Waals surface area contributed by atoms with Crippen molar-refractivity contribution in [3.05, 3.63) is 29.8 Å². The zero-order chi connectivity index (χ0) is 10.8. The quantitative estimate of drug-likeness (QED) is 0.816. The van der Waals surface area contributed by atoms with Gasteiger partial charge in [-0.15, -0.1) is 0 Å². The number of alkyl halides is 2. The molecule has 1 aromatic rings. The Hall–Kier alpha value is -1.16. The van der Waals surface area contributed by atoms with E-state index in [0.717, 1.165) is 0 Å². The van der Waals surface area contributed by atoms with Crippen molar-refractivity contribution in [2.24, 2.45) is 0 Å². The molecule has 0 heterocycles. The maximum atomic E-state index is 11.9. The van der Waals surface area contributed by atoms with Crippen LogP contribution in [0.2, 0.25) is 0 Å². The summed E-state index contributed by atoms with van der Waals surface area (Å²) in [6, 6.07) is 6.02. The first-order valence-corrected chi connectivity index (χ1v) is 4.17. The highest BCUT2D eigenvalue weighted by Crippen LogP contribution is 2.24. The fourth-order valence-electron chi connectivity index (χ4n) is 1.05. The number of rotatable bonds is 3. The Balaban J connectivity index is 2.90. The van der Waals surface area contributed by atoms with Gasteiger partial charge in [-0.3, -0.25) is 0 Å². The molecule has 1 N–H and O–H groups in total. The predicted octanol–water partition coefficient (Wildman–Crippen LogP) is 2.52. The molecule has 0 bridgehead atoms. The molecule has 0 aliphatic carbocycles. The highest BCUT2D eigenvalue weighted by molar-refractivity contribution is 5.31. The Morgan fingerprint density at radius 2 is 2.00 bits per heavy atom. The Kier molecular flexibility index (Phi) is 3.06. The monoisotopic (exact) mass is 202 g/mol. The third-order valence-electron chi connectivity index (χ3n) is 1.77. The molecule has 0 aliphatic heterocycles. The minimum absolute atomic E-state index is 0.0552. The van der Waals surface area contributed by atoms with Gasteiger partial charge < -0.3 is 9.84 Å². The average molecular weight is 202 g/mol. The predicted molar refractivity (Wildman–Crippen MR) is 48.3 cm³/mol. The standard InChI is InChI=1S/C10H12F2O2/c1-10(2,13)7-4-3-5-8(6-7)14-9(11)12/h3-6,9,13H,1-2H3. The van der Waals surface area contributed by atoms with Crippen LogP contribution in [0.1, 0.15) is 19.4 Å². The molecule has 0 aliphatic rings. The molecule has 2 nitrogen and oxygen atoms in total. The van der Waals surface area contributed by atoms with Gasteiger partial charge in [-0.25, -0.2) is 0 Å². The number of aliphatic hydroxyl groups is 1. The summed E-state index contributed by atoms with van der Waals surface area (Å²) in [4.78, 5) is 0. The highest BCUT2D eigenvalue weighted by atomic mass is 19.3. The second-order valence-electron chi connectivity index (χ2n) is 3.47. The number of hydrogen-bond donors (Lipinski definition) is 1. The largest absolute Gasteiger partial charge is 0.435 e. The fraction of sp³-hybridized carbons (Fsp3) is 0.400. The van der Waals surface area contributed by atoms with Gasteiger partial charge in [0.25, 0.3) is 0 Å². The summed E-state index contributed by atoms with van der Waals surface area (Å²) >= 11 is 0. The Labute approximate surface area is 81.1 Å². The molecule has 0 saturated heterocycles. The van der Waals surface area contributed by atoms with Crippen LogP contribution >= 0.6 is 0 Å². The SMILES string of the molecule is CC(C)(O)c1cccc(OC(F)F)c1. The molecule has 0 aromatic heterocycles. The van der Waals surface area contributed by atoms with Crippen LogP contribution < -0.4 is 4.74 Å². The molecule has 78 valence electrons. The number of ether oxygens (including phenoxy) is 1. The van der Waals surface area contributed by atoms with Crippen molar-refractivity contribution in [2.75, 3.05) is 0 Å². The first-order valence-electron chi connectivity index (χ1n) is 4.17. The second-order valence-corrected chi connectivity index (χ2v) is 3.47. The van der Waals surface area contributed by atoms with E-state index in [4.69, 9.17) is 0 Å². The Morgan fingerprint density at radius 3 is 2.50 bits per heavy atom. The molecule has 1 aromatic carbocycles. The fourth-order valence-corrected chi connectivity index (χ4v) is 1.05. The van der Waals surface area contributed by atoms with Gasteiger partial charge in [0.1, 0.15) is 5.75 Å². The number of benzene rings is 1. The van der Waals surface area contributed by atoms with E-state index in [1.54, 1.807) is 26.0 Å². The summed E-state index contributed by atoms with van der Waals surface area (Å²) in [7, 11) is 0. The van der Waals surface area contributed by atoms with Crippen LogP contribution in [0.5, 0.6) is 5.75 Å². The minimum atomic E-state index is -2.84. The summed E-state index contributed by atoms with van der Waals surface area (Å²) in [5.74, 6) is 0.0552. The summed E-state index contributed by atoms with van der Waals surface area (Å²) in [5, 5.41) is 9.60. The van der Waals surface area contributed by atoms with Gasteiger partial charge in [-0.1, -0.05) is 12.1 Å². The van der Waals surface area contributed by atoms with Crippen LogP contribution in [0, 0.1) is 0 Å². The van der Waals surface area contributed by atoms with Crippen molar-refractivity contribution in [3.63, 3.8) is 0 Å². The van der Waals surface area contributed by atoms with Gasteiger partial charge in [0, 0.05) is 0 Å². The topological polar surface area (TPSA) is 29.5 Å². The summed E-state index contributed by atoms with van der Waals surface area (Å²) in [6.07, 6.45) is 0. The lowest BCUT2D eigenvalue weighted by atomic mass is 9.98. The average Bonchev–Trinajstić information content (AvgIpc) is 2.01. The maximum absolute atomic E-state index is 11.9. The molecule has 1 rings (SSSR count). The molecule has 0 radical (unpaired) electrons. The van der Waals surface area contributed by atoms with Gasteiger partial charge in [0.05, 0.1) is 5.60 Å². The smallest absolute Gasteiger partial charge is 0.387 e. The van der Waals surface area contributed by atoms with Crippen molar-refractivity contribution in [1.82, 2.24) is 0 Å². The van der Waals surface area contributed by atoms with Crippen molar-refractivity contribution >= 4 is 0 Å². The van der Waals surface area contributed by atoms with Crippen LogP contribution in [0.3, 0.4) is 0 Å². The van der Waals surface area contributed by atoms with E-state index in [9.17, 15) is 13.9 Å². The van der Waals surface area contributed by atoms with Gasteiger partial charge >= 0.3 is 6.61 Å². The van der Waals surface area contributed by atoms with Crippen LogP contribution in [0.25, 0.3) is 0 Å². The zero-order valence-electron chi connectivity index (χ0n) is 8.00. The first kappa shape index (κ1) is 10.9. The van der Waals surface area contributed by atoms with Gasteiger partial charge in [-0.05, 0) is 31.5 Å². The zero-order valence-corrected chi connectivity index (χ0v) is 8.00. The summed E-state index contributed by atoms with van der Waals surface area (Å²) in [6.45, 7) is 0.315. The van der Waals surface area contributed by atoms with E-state index in [2.05, 4.69) is 4.74 Å². The third kappa shape index (κ3) is 2.96. The molecule has 0 fully saturated rings. The first-order chi connectivity index (χ1) is 6.39. The Morgan fingerprint density at radius 1 is 1.36 bits per heavy atom. The lowest BCUT2D eigenvalue weighted by Crippen LogP contribution is -2.15. The van der Waals surface area contributed by atoms with E-state index in [1.807, 2.05) is 0 Å². The molecule has 0 unspecified atom stereocenters. The van der Waals surface area contributed by atoms with E-state index in [-0.39, 0.29) is 5.75 Å². The van der Waals surface area contributed by atoms with Crippen LogP contribution in [0.15, 0.2) is 24.3 Å². The number of hydrogen-bond acceptors (Lipinski definition) is 2.